The lowest BCUT2D eigenvalue weighted by molar-refractivity contribution is 0.176. The Labute approximate surface area is 86.0 Å². The second-order valence-corrected chi connectivity index (χ2v) is 3.18. The van der Waals surface area contributed by atoms with Crippen LogP contribution in [0.2, 0.25) is 0 Å². The summed E-state index contributed by atoms with van der Waals surface area (Å²) in [5, 5.41) is 2.51. The predicted octanol–water partition coefficient (Wildman–Crippen LogP) is 1.62. The van der Waals surface area contributed by atoms with Gasteiger partial charge in [0.05, 0.1) is 13.2 Å². The quantitative estimate of drug-likeness (QED) is 0.808. The van der Waals surface area contributed by atoms with Gasteiger partial charge < -0.3 is 14.8 Å². The molecule has 1 aromatic rings. The molecule has 4 nitrogen and oxygen atoms in total. The Morgan fingerprint density at radius 1 is 1.60 bits per heavy atom. The van der Waals surface area contributed by atoms with E-state index < -0.39 is 12.1 Å². The number of ether oxygens (including phenoxy) is 2. The lowest BCUT2D eigenvalue weighted by Gasteiger charge is -2.10. The molecule has 1 heterocycles. The van der Waals surface area contributed by atoms with Crippen LogP contribution in [0.25, 0.3) is 0 Å². The molecule has 1 aliphatic rings. The van der Waals surface area contributed by atoms with E-state index in [1.54, 1.807) is 6.07 Å². The predicted molar refractivity (Wildman–Crippen MR) is 50.2 cm³/mol. The fraction of sp³-hybridized carbons (Fsp3) is 0.300. The number of nitrogens with one attached hydrogen (secondary N) is 1. The number of benzene rings is 1. The van der Waals surface area contributed by atoms with Crippen LogP contribution < -0.4 is 10.1 Å². The van der Waals surface area contributed by atoms with Gasteiger partial charge in [0.2, 0.25) is 0 Å². The van der Waals surface area contributed by atoms with Crippen molar-refractivity contribution in [1.82, 2.24) is 5.32 Å². The molecule has 1 fully saturated rings. The molecule has 1 aromatic carbocycles. The van der Waals surface area contributed by atoms with Crippen LogP contribution >= 0.6 is 0 Å². The summed E-state index contributed by atoms with van der Waals surface area (Å²) < 4.78 is 23.1. The molecule has 0 bridgehead atoms. The highest BCUT2D eigenvalue weighted by molar-refractivity contribution is 5.70. The standard InChI is InChI=1S/C10H10FNO3/c1-14-6-2-3-8(11)7(4-6)9-5-15-10(13)12-9/h2-4,9H,5H2,1H3,(H,12,13)/t9-/m0/s1. The van der Waals surface area contributed by atoms with Crippen LogP contribution in [0.3, 0.4) is 0 Å². The first-order valence-corrected chi connectivity index (χ1v) is 4.47. The molecule has 1 saturated heterocycles. The van der Waals surface area contributed by atoms with Gasteiger partial charge in [0.1, 0.15) is 18.2 Å². The van der Waals surface area contributed by atoms with Crippen molar-refractivity contribution in [2.45, 2.75) is 6.04 Å². The molecule has 0 radical (unpaired) electrons. The zero-order valence-electron chi connectivity index (χ0n) is 8.12. The summed E-state index contributed by atoms with van der Waals surface area (Å²) >= 11 is 0. The molecular formula is C10H10FNO3. The molecule has 0 aromatic heterocycles. The summed E-state index contributed by atoms with van der Waals surface area (Å²) in [6, 6.07) is 3.94. The number of rotatable bonds is 2. The number of alkyl carbamates (subject to hydrolysis) is 1. The normalized spacial score (nSPS) is 19.6. The minimum Gasteiger partial charge on any atom is -0.497 e. The number of hydrogen-bond donors (Lipinski definition) is 1. The molecular weight excluding hydrogens is 201 g/mol. The van der Waals surface area contributed by atoms with Crippen molar-refractivity contribution >= 4 is 6.09 Å². The molecule has 2 rings (SSSR count). The molecule has 1 amide bonds. The van der Waals surface area contributed by atoms with Crippen LogP contribution in [0.1, 0.15) is 11.6 Å². The molecule has 0 unspecified atom stereocenters. The summed E-state index contributed by atoms with van der Waals surface area (Å²) in [6.45, 7) is 0.142. The molecule has 80 valence electrons. The van der Waals surface area contributed by atoms with E-state index in [2.05, 4.69) is 5.32 Å². The molecule has 1 aliphatic heterocycles. The number of hydrogen-bond acceptors (Lipinski definition) is 3. The number of amides is 1. The van der Waals surface area contributed by atoms with E-state index in [1.807, 2.05) is 0 Å². The lowest BCUT2D eigenvalue weighted by atomic mass is 10.1. The van der Waals surface area contributed by atoms with Crippen LogP contribution in [0.4, 0.5) is 9.18 Å². The van der Waals surface area contributed by atoms with Crippen LogP contribution in [0.15, 0.2) is 18.2 Å². The van der Waals surface area contributed by atoms with E-state index >= 15 is 0 Å². The topological polar surface area (TPSA) is 47.6 Å². The van der Waals surface area contributed by atoms with Gasteiger partial charge in [-0.2, -0.15) is 0 Å². The first-order chi connectivity index (χ1) is 7.20. The van der Waals surface area contributed by atoms with Crippen molar-refractivity contribution in [2.24, 2.45) is 0 Å². The van der Waals surface area contributed by atoms with Gasteiger partial charge in [-0.05, 0) is 18.2 Å². The van der Waals surface area contributed by atoms with Crippen LogP contribution in [0, 0.1) is 5.82 Å². The maximum Gasteiger partial charge on any atom is 0.407 e. The molecule has 0 aliphatic carbocycles. The minimum atomic E-state index is -0.526. The van der Waals surface area contributed by atoms with Crippen molar-refractivity contribution in [1.29, 1.82) is 0 Å². The Balaban J connectivity index is 2.30. The van der Waals surface area contributed by atoms with Gasteiger partial charge in [-0.25, -0.2) is 9.18 Å². The van der Waals surface area contributed by atoms with Crippen molar-refractivity contribution < 1.29 is 18.7 Å². The van der Waals surface area contributed by atoms with E-state index in [0.717, 1.165) is 0 Å². The SMILES string of the molecule is COc1ccc(F)c([C@@H]2COC(=O)N2)c1. The summed E-state index contributed by atoms with van der Waals surface area (Å²) in [7, 11) is 1.50. The third kappa shape index (κ3) is 1.86. The number of carbonyl (C=O) groups excluding carboxylic acids is 1. The summed E-state index contributed by atoms with van der Waals surface area (Å²) in [5.74, 6) is 0.166. The Morgan fingerprint density at radius 2 is 2.40 bits per heavy atom. The van der Waals surface area contributed by atoms with Gasteiger partial charge in [0.15, 0.2) is 0 Å². The number of halogens is 1. The number of cyclic esters (lactones) is 1. The number of methoxy groups -OCH3 is 1. The maximum absolute atomic E-state index is 13.4. The fourth-order valence-corrected chi connectivity index (χ4v) is 1.47. The summed E-state index contributed by atoms with van der Waals surface area (Å²) in [4.78, 5) is 10.8. The van der Waals surface area contributed by atoms with Gasteiger partial charge in [0.25, 0.3) is 0 Å². The van der Waals surface area contributed by atoms with E-state index in [4.69, 9.17) is 9.47 Å². The Bertz CT molecular complexity index is 394. The highest BCUT2D eigenvalue weighted by Crippen LogP contribution is 2.25. The van der Waals surface area contributed by atoms with Crippen LogP contribution in [0.5, 0.6) is 5.75 Å². The molecule has 5 heteroatoms. The van der Waals surface area contributed by atoms with Crippen LogP contribution in [-0.2, 0) is 4.74 Å². The summed E-state index contributed by atoms with van der Waals surface area (Å²) in [5.41, 5.74) is 0.375. The number of carbonyl (C=O) groups is 1. The van der Waals surface area contributed by atoms with Crippen molar-refractivity contribution in [3.05, 3.63) is 29.6 Å². The highest BCUT2D eigenvalue weighted by atomic mass is 19.1. The maximum atomic E-state index is 13.4. The zero-order valence-corrected chi connectivity index (χ0v) is 8.12. The average Bonchev–Trinajstić information content (AvgIpc) is 2.65. The molecule has 0 saturated carbocycles. The smallest absolute Gasteiger partial charge is 0.407 e. The van der Waals surface area contributed by atoms with Gasteiger partial charge in [0, 0.05) is 5.56 Å². The van der Waals surface area contributed by atoms with E-state index in [0.29, 0.717) is 11.3 Å². The summed E-state index contributed by atoms with van der Waals surface area (Å²) in [6.07, 6.45) is -0.526. The molecule has 1 N–H and O–H groups in total. The largest absolute Gasteiger partial charge is 0.497 e. The van der Waals surface area contributed by atoms with Crippen molar-refractivity contribution in [3.63, 3.8) is 0 Å². The highest BCUT2D eigenvalue weighted by Gasteiger charge is 2.26. The second kappa shape index (κ2) is 3.76. The van der Waals surface area contributed by atoms with E-state index in [-0.39, 0.29) is 12.4 Å². The lowest BCUT2D eigenvalue weighted by Crippen LogP contribution is -2.19. The first kappa shape index (κ1) is 9.76. The Morgan fingerprint density at radius 3 is 3.00 bits per heavy atom. The second-order valence-electron chi connectivity index (χ2n) is 3.18. The van der Waals surface area contributed by atoms with Gasteiger partial charge in [-0.15, -0.1) is 0 Å². The van der Waals surface area contributed by atoms with Gasteiger partial charge >= 0.3 is 6.09 Å². The van der Waals surface area contributed by atoms with Gasteiger partial charge in [-0.1, -0.05) is 0 Å². The minimum absolute atomic E-state index is 0.142. The Hall–Kier alpha value is -1.78. The third-order valence-corrected chi connectivity index (χ3v) is 2.25. The molecule has 15 heavy (non-hydrogen) atoms. The first-order valence-electron chi connectivity index (χ1n) is 4.47. The van der Waals surface area contributed by atoms with Crippen molar-refractivity contribution in [3.8, 4) is 5.75 Å². The molecule has 1 atom stereocenters. The van der Waals surface area contributed by atoms with Gasteiger partial charge in [-0.3, -0.25) is 0 Å². The van der Waals surface area contributed by atoms with E-state index in [9.17, 15) is 9.18 Å². The molecule has 0 spiro atoms. The van der Waals surface area contributed by atoms with Crippen molar-refractivity contribution in [2.75, 3.05) is 13.7 Å². The van der Waals surface area contributed by atoms with Crippen LogP contribution in [-0.4, -0.2) is 19.8 Å². The fourth-order valence-electron chi connectivity index (χ4n) is 1.47. The third-order valence-electron chi connectivity index (χ3n) is 2.25. The zero-order chi connectivity index (χ0) is 10.8. The Kier molecular flexibility index (Phi) is 2.45. The van der Waals surface area contributed by atoms with E-state index in [1.165, 1.54) is 19.2 Å². The average molecular weight is 211 g/mol. The monoisotopic (exact) mass is 211 g/mol.